The molecule has 1 fully saturated rings. The summed E-state index contributed by atoms with van der Waals surface area (Å²) in [4.78, 5) is 11.8. The van der Waals surface area contributed by atoms with Crippen molar-refractivity contribution >= 4 is 6.03 Å². The summed E-state index contributed by atoms with van der Waals surface area (Å²) in [5.41, 5.74) is 1.35. The van der Waals surface area contributed by atoms with E-state index in [0.29, 0.717) is 18.8 Å². The van der Waals surface area contributed by atoms with Crippen molar-refractivity contribution in [3.63, 3.8) is 0 Å². The van der Waals surface area contributed by atoms with E-state index in [1.165, 1.54) is 6.07 Å². The summed E-state index contributed by atoms with van der Waals surface area (Å²) in [5, 5.41) is 5.63. The minimum absolute atomic E-state index is 0.0713. The van der Waals surface area contributed by atoms with Crippen molar-refractivity contribution in [2.75, 3.05) is 13.2 Å². The van der Waals surface area contributed by atoms with Crippen LogP contribution in [0.4, 0.5) is 9.18 Å². The molecule has 2 amide bonds. The summed E-state index contributed by atoms with van der Waals surface area (Å²) >= 11 is 0. The third-order valence-electron chi connectivity index (χ3n) is 3.31. The second-order valence-corrected chi connectivity index (χ2v) is 4.91. The quantitative estimate of drug-likeness (QED) is 0.882. The van der Waals surface area contributed by atoms with Crippen molar-refractivity contribution in [1.82, 2.24) is 10.6 Å². The summed E-state index contributed by atoms with van der Waals surface area (Å²) < 4.78 is 18.6. The number of amides is 2. The molecule has 104 valence electrons. The Labute approximate surface area is 112 Å². The molecule has 1 heterocycles. The fraction of sp³-hybridized carbons (Fsp3) is 0.500. The highest BCUT2D eigenvalue weighted by atomic mass is 19.1. The Balaban J connectivity index is 1.90. The van der Waals surface area contributed by atoms with Crippen LogP contribution in [0, 0.1) is 12.7 Å². The molecule has 1 aromatic carbocycles. The SMILES string of the molecule is Cc1ccc(C(C)NC(=O)NC2CCOC2)cc1F. The maximum atomic E-state index is 13.5. The van der Waals surface area contributed by atoms with Crippen LogP contribution < -0.4 is 10.6 Å². The summed E-state index contributed by atoms with van der Waals surface area (Å²) in [5.74, 6) is -0.254. The van der Waals surface area contributed by atoms with E-state index in [9.17, 15) is 9.18 Å². The highest BCUT2D eigenvalue weighted by Crippen LogP contribution is 2.16. The number of carbonyl (C=O) groups is 1. The number of hydrogen-bond acceptors (Lipinski definition) is 2. The third-order valence-corrected chi connectivity index (χ3v) is 3.31. The smallest absolute Gasteiger partial charge is 0.315 e. The van der Waals surface area contributed by atoms with Gasteiger partial charge in [-0.15, -0.1) is 0 Å². The molecule has 0 aliphatic carbocycles. The fourth-order valence-electron chi connectivity index (χ4n) is 2.03. The minimum atomic E-state index is -0.254. The number of aryl methyl sites for hydroxylation is 1. The topological polar surface area (TPSA) is 50.4 Å². The second-order valence-electron chi connectivity index (χ2n) is 4.91. The first-order valence-electron chi connectivity index (χ1n) is 6.47. The van der Waals surface area contributed by atoms with Gasteiger partial charge in [-0.05, 0) is 37.5 Å². The van der Waals surface area contributed by atoms with Crippen LogP contribution in [0.15, 0.2) is 18.2 Å². The molecule has 1 aliphatic heterocycles. The number of urea groups is 1. The Morgan fingerprint density at radius 2 is 2.32 bits per heavy atom. The maximum Gasteiger partial charge on any atom is 0.315 e. The standard InChI is InChI=1S/C14H19FN2O2/c1-9-3-4-11(7-13(9)15)10(2)16-14(18)17-12-5-6-19-8-12/h3-4,7,10,12H,5-6,8H2,1-2H3,(H2,16,17,18). The molecule has 19 heavy (non-hydrogen) atoms. The molecule has 5 heteroatoms. The lowest BCUT2D eigenvalue weighted by molar-refractivity contribution is 0.188. The number of nitrogens with one attached hydrogen (secondary N) is 2. The van der Waals surface area contributed by atoms with Gasteiger partial charge in [0.05, 0.1) is 18.7 Å². The van der Waals surface area contributed by atoms with E-state index >= 15 is 0 Å². The van der Waals surface area contributed by atoms with Crippen molar-refractivity contribution in [1.29, 1.82) is 0 Å². The van der Waals surface area contributed by atoms with Crippen LogP contribution in [0.1, 0.15) is 30.5 Å². The molecule has 1 aromatic rings. The van der Waals surface area contributed by atoms with Crippen LogP contribution in [-0.2, 0) is 4.74 Å². The van der Waals surface area contributed by atoms with Crippen LogP contribution in [0.3, 0.4) is 0 Å². The fourth-order valence-corrected chi connectivity index (χ4v) is 2.03. The van der Waals surface area contributed by atoms with Crippen LogP contribution >= 0.6 is 0 Å². The molecule has 0 radical (unpaired) electrons. The van der Waals surface area contributed by atoms with Gasteiger partial charge in [0.25, 0.3) is 0 Å². The van der Waals surface area contributed by atoms with E-state index in [1.807, 2.05) is 13.0 Å². The van der Waals surface area contributed by atoms with Crippen LogP contribution in [0.5, 0.6) is 0 Å². The first-order valence-corrected chi connectivity index (χ1v) is 6.47. The number of benzene rings is 1. The molecular formula is C14H19FN2O2. The van der Waals surface area contributed by atoms with E-state index in [1.54, 1.807) is 13.0 Å². The van der Waals surface area contributed by atoms with Crippen molar-refractivity contribution in [3.8, 4) is 0 Å². The largest absolute Gasteiger partial charge is 0.379 e. The second kappa shape index (κ2) is 6.02. The van der Waals surface area contributed by atoms with E-state index in [2.05, 4.69) is 10.6 Å². The predicted molar refractivity (Wildman–Crippen MR) is 70.4 cm³/mol. The van der Waals surface area contributed by atoms with Crippen LogP contribution in [0.25, 0.3) is 0 Å². The van der Waals surface area contributed by atoms with Crippen molar-refractivity contribution in [2.45, 2.75) is 32.4 Å². The zero-order valence-corrected chi connectivity index (χ0v) is 11.2. The predicted octanol–water partition coefficient (Wildman–Crippen LogP) is 2.28. The summed E-state index contributed by atoms with van der Waals surface area (Å²) in [6.45, 7) is 4.78. The Kier molecular flexibility index (Phi) is 4.37. The molecule has 0 bridgehead atoms. The van der Waals surface area contributed by atoms with Gasteiger partial charge < -0.3 is 15.4 Å². The summed E-state index contributed by atoms with van der Waals surface area (Å²) in [7, 11) is 0. The summed E-state index contributed by atoms with van der Waals surface area (Å²) in [6, 6.07) is 4.58. The van der Waals surface area contributed by atoms with E-state index in [0.717, 1.165) is 12.0 Å². The minimum Gasteiger partial charge on any atom is -0.379 e. The number of halogens is 1. The van der Waals surface area contributed by atoms with Crippen molar-refractivity contribution in [2.24, 2.45) is 0 Å². The van der Waals surface area contributed by atoms with Gasteiger partial charge in [0, 0.05) is 6.61 Å². The molecule has 2 N–H and O–H groups in total. The number of carbonyl (C=O) groups excluding carboxylic acids is 1. The lowest BCUT2D eigenvalue weighted by Crippen LogP contribution is -2.43. The van der Waals surface area contributed by atoms with E-state index in [4.69, 9.17) is 4.74 Å². The Morgan fingerprint density at radius 1 is 1.53 bits per heavy atom. The molecule has 1 saturated heterocycles. The van der Waals surface area contributed by atoms with E-state index in [-0.39, 0.29) is 23.9 Å². The first-order chi connectivity index (χ1) is 9.06. The number of rotatable bonds is 3. The number of hydrogen-bond donors (Lipinski definition) is 2. The van der Waals surface area contributed by atoms with Gasteiger partial charge in [-0.3, -0.25) is 0 Å². The van der Waals surface area contributed by atoms with Gasteiger partial charge in [0.2, 0.25) is 0 Å². The van der Waals surface area contributed by atoms with Gasteiger partial charge in [-0.25, -0.2) is 9.18 Å². The average molecular weight is 266 g/mol. The van der Waals surface area contributed by atoms with Gasteiger partial charge in [0.1, 0.15) is 5.82 Å². The monoisotopic (exact) mass is 266 g/mol. The third kappa shape index (κ3) is 3.67. The molecule has 0 saturated carbocycles. The molecule has 2 unspecified atom stereocenters. The average Bonchev–Trinajstić information content (AvgIpc) is 2.85. The number of ether oxygens (including phenoxy) is 1. The zero-order valence-electron chi connectivity index (χ0n) is 11.2. The van der Waals surface area contributed by atoms with Gasteiger partial charge in [-0.2, -0.15) is 0 Å². The lowest BCUT2D eigenvalue weighted by Gasteiger charge is -2.17. The molecule has 0 spiro atoms. The molecule has 2 atom stereocenters. The van der Waals surface area contributed by atoms with Gasteiger partial charge in [-0.1, -0.05) is 12.1 Å². The normalized spacial score (nSPS) is 20.1. The van der Waals surface area contributed by atoms with E-state index < -0.39 is 0 Å². The molecule has 1 aliphatic rings. The Hall–Kier alpha value is -1.62. The van der Waals surface area contributed by atoms with Crippen LogP contribution in [0.2, 0.25) is 0 Å². The molecule has 0 aromatic heterocycles. The zero-order chi connectivity index (χ0) is 13.8. The van der Waals surface area contributed by atoms with Crippen LogP contribution in [-0.4, -0.2) is 25.3 Å². The van der Waals surface area contributed by atoms with Crippen molar-refractivity contribution < 1.29 is 13.9 Å². The van der Waals surface area contributed by atoms with Gasteiger partial charge >= 0.3 is 6.03 Å². The summed E-state index contributed by atoms with van der Waals surface area (Å²) in [6.07, 6.45) is 0.834. The molecule has 4 nitrogen and oxygen atoms in total. The Bertz CT molecular complexity index is 459. The Morgan fingerprint density at radius 3 is 2.95 bits per heavy atom. The molecular weight excluding hydrogens is 247 g/mol. The van der Waals surface area contributed by atoms with Crippen molar-refractivity contribution in [3.05, 3.63) is 35.1 Å². The lowest BCUT2D eigenvalue weighted by atomic mass is 10.1. The van der Waals surface area contributed by atoms with Gasteiger partial charge in [0.15, 0.2) is 0 Å². The molecule has 2 rings (SSSR count). The highest BCUT2D eigenvalue weighted by molar-refractivity contribution is 5.74. The maximum absolute atomic E-state index is 13.5. The first kappa shape index (κ1) is 13.8. The highest BCUT2D eigenvalue weighted by Gasteiger charge is 2.19.